The average molecular weight is 321 g/mol. The summed E-state index contributed by atoms with van der Waals surface area (Å²) in [6, 6.07) is 10.6. The summed E-state index contributed by atoms with van der Waals surface area (Å²) in [4.78, 5) is 6.63. The van der Waals surface area contributed by atoms with Crippen LogP contribution in [0.5, 0.6) is 5.75 Å². The number of pyridine rings is 1. The van der Waals surface area contributed by atoms with Gasteiger partial charge in [0.05, 0.1) is 7.11 Å². The van der Waals surface area contributed by atoms with Gasteiger partial charge in [-0.3, -0.25) is 4.98 Å². The molecule has 0 fully saturated rings. The molecule has 0 saturated heterocycles. The first-order valence-electron chi connectivity index (χ1n) is 8.51. The third-order valence-electron chi connectivity index (χ3n) is 5.00. The summed E-state index contributed by atoms with van der Waals surface area (Å²) in [5, 5.41) is 1.34. The zero-order valence-corrected chi connectivity index (χ0v) is 14.3. The summed E-state index contributed by atoms with van der Waals surface area (Å²) < 4.78 is 7.95. The van der Waals surface area contributed by atoms with Crippen LogP contribution in [0.1, 0.15) is 16.8 Å². The molecule has 4 heteroatoms. The van der Waals surface area contributed by atoms with Gasteiger partial charge in [0.15, 0.2) is 0 Å². The summed E-state index contributed by atoms with van der Waals surface area (Å²) in [5.74, 6) is 0.933. The van der Waals surface area contributed by atoms with E-state index in [9.17, 15) is 0 Å². The van der Waals surface area contributed by atoms with Crippen LogP contribution in [0.4, 0.5) is 0 Å². The van der Waals surface area contributed by atoms with E-state index in [0.29, 0.717) is 0 Å². The van der Waals surface area contributed by atoms with E-state index in [2.05, 4.69) is 45.8 Å². The highest BCUT2D eigenvalue weighted by Crippen LogP contribution is 2.33. The number of likely N-dealkylation sites (N-methyl/N-ethyl adjacent to an activating group) is 1. The van der Waals surface area contributed by atoms with Crippen molar-refractivity contribution in [2.75, 3.05) is 20.7 Å². The first-order valence-corrected chi connectivity index (χ1v) is 8.51. The first kappa shape index (κ1) is 15.2. The summed E-state index contributed by atoms with van der Waals surface area (Å²) >= 11 is 0. The van der Waals surface area contributed by atoms with Gasteiger partial charge in [-0.2, -0.15) is 0 Å². The van der Waals surface area contributed by atoms with Crippen molar-refractivity contribution in [2.24, 2.45) is 0 Å². The number of benzene rings is 1. The maximum atomic E-state index is 5.45. The molecule has 0 bridgehead atoms. The fourth-order valence-corrected chi connectivity index (χ4v) is 3.73. The van der Waals surface area contributed by atoms with Crippen LogP contribution in [0, 0.1) is 0 Å². The minimum atomic E-state index is 0.933. The molecule has 0 N–H and O–H groups in total. The Kier molecular flexibility index (Phi) is 3.98. The number of hydrogen-bond donors (Lipinski definition) is 0. The quantitative estimate of drug-likeness (QED) is 0.739. The predicted octanol–water partition coefficient (Wildman–Crippen LogP) is 3.28. The minimum absolute atomic E-state index is 0.933. The molecule has 0 amide bonds. The van der Waals surface area contributed by atoms with Gasteiger partial charge in [0.2, 0.25) is 0 Å². The SMILES string of the molecule is COc1ccc2c(c1)c1c(n2CCc2cccnc2)CCN(C)C1. The van der Waals surface area contributed by atoms with Gasteiger partial charge < -0.3 is 14.2 Å². The molecule has 1 aliphatic heterocycles. The predicted molar refractivity (Wildman–Crippen MR) is 96.5 cm³/mol. The third-order valence-corrected chi connectivity index (χ3v) is 5.00. The lowest BCUT2D eigenvalue weighted by atomic mass is 10.0. The number of rotatable bonds is 4. The van der Waals surface area contributed by atoms with Crippen LogP contribution in [-0.2, 0) is 25.9 Å². The molecule has 1 aliphatic rings. The molecule has 0 saturated carbocycles. The normalized spacial score (nSPS) is 14.8. The highest BCUT2D eigenvalue weighted by Gasteiger charge is 2.22. The van der Waals surface area contributed by atoms with E-state index in [4.69, 9.17) is 4.74 Å². The Labute approximate surface area is 142 Å². The first-order chi connectivity index (χ1) is 11.8. The van der Waals surface area contributed by atoms with Crippen LogP contribution >= 0.6 is 0 Å². The molecule has 0 unspecified atom stereocenters. The van der Waals surface area contributed by atoms with Crippen molar-refractivity contribution in [3.8, 4) is 5.75 Å². The zero-order chi connectivity index (χ0) is 16.5. The summed E-state index contributed by atoms with van der Waals surface area (Å²) in [6.07, 6.45) is 5.91. The molecular formula is C20H23N3O. The van der Waals surface area contributed by atoms with Crippen LogP contribution in [0.15, 0.2) is 42.7 Å². The molecule has 2 aromatic heterocycles. The second-order valence-electron chi connectivity index (χ2n) is 6.56. The van der Waals surface area contributed by atoms with Gasteiger partial charge in [-0.1, -0.05) is 6.07 Å². The van der Waals surface area contributed by atoms with Crippen LogP contribution in [-0.4, -0.2) is 35.2 Å². The lowest BCUT2D eigenvalue weighted by Gasteiger charge is -2.24. The van der Waals surface area contributed by atoms with E-state index < -0.39 is 0 Å². The molecule has 24 heavy (non-hydrogen) atoms. The highest BCUT2D eigenvalue weighted by atomic mass is 16.5. The Morgan fingerprint density at radius 1 is 1.25 bits per heavy atom. The number of aromatic nitrogens is 2. The number of methoxy groups -OCH3 is 1. The van der Waals surface area contributed by atoms with Crippen LogP contribution in [0.2, 0.25) is 0 Å². The second-order valence-corrected chi connectivity index (χ2v) is 6.56. The molecule has 4 rings (SSSR count). The van der Waals surface area contributed by atoms with Crippen molar-refractivity contribution in [1.82, 2.24) is 14.5 Å². The maximum Gasteiger partial charge on any atom is 0.119 e. The van der Waals surface area contributed by atoms with Crippen LogP contribution in [0.3, 0.4) is 0 Å². The standard InChI is InChI=1S/C20H23N3O/c1-22-10-8-20-18(14-22)17-12-16(24-2)5-6-19(17)23(20)11-7-15-4-3-9-21-13-15/h3-6,9,12-13H,7-8,10-11,14H2,1-2H3. The van der Waals surface area contributed by atoms with Crippen molar-refractivity contribution in [2.45, 2.75) is 25.9 Å². The van der Waals surface area contributed by atoms with Crippen molar-refractivity contribution >= 4 is 10.9 Å². The third kappa shape index (κ3) is 2.67. The van der Waals surface area contributed by atoms with Gasteiger partial charge in [-0.15, -0.1) is 0 Å². The molecule has 0 aliphatic carbocycles. The van der Waals surface area contributed by atoms with Crippen molar-refractivity contribution < 1.29 is 4.74 Å². The van der Waals surface area contributed by atoms with Gasteiger partial charge in [0, 0.05) is 55.0 Å². The Bertz CT molecular complexity index is 854. The number of aryl methyl sites for hydroxylation is 2. The summed E-state index contributed by atoms with van der Waals surface area (Å²) in [5.41, 5.74) is 5.55. The topological polar surface area (TPSA) is 30.3 Å². The van der Waals surface area contributed by atoms with E-state index in [1.54, 1.807) is 7.11 Å². The number of nitrogens with zero attached hydrogens (tertiary/aromatic N) is 3. The van der Waals surface area contributed by atoms with Gasteiger partial charge in [0.25, 0.3) is 0 Å². The molecular weight excluding hydrogens is 298 g/mol. The summed E-state index contributed by atoms with van der Waals surface area (Å²) in [7, 11) is 3.93. The molecule has 0 spiro atoms. The smallest absolute Gasteiger partial charge is 0.119 e. The van der Waals surface area contributed by atoms with E-state index >= 15 is 0 Å². The van der Waals surface area contributed by atoms with Crippen LogP contribution in [0.25, 0.3) is 10.9 Å². The average Bonchev–Trinajstić information content (AvgIpc) is 2.93. The Morgan fingerprint density at radius 3 is 2.96 bits per heavy atom. The fraction of sp³-hybridized carbons (Fsp3) is 0.350. The Balaban J connectivity index is 1.76. The Morgan fingerprint density at radius 2 is 2.17 bits per heavy atom. The zero-order valence-electron chi connectivity index (χ0n) is 14.3. The molecule has 3 aromatic rings. The molecule has 3 heterocycles. The van der Waals surface area contributed by atoms with E-state index in [1.807, 2.05) is 18.5 Å². The molecule has 0 atom stereocenters. The minimum Gasteiger partial charge on any atom is -0.497 e. The highest BCUT2D eigenvalue weighted by molar-refractivity contribution is 5.87. The lowest BCUT2D eigenvalue weighted by molar-refractivity contribution is 0.309. The van der Waals surface area contributed by atoms with Crippen molar-refractivity contribution in [3.05, 3.63) is 59.5 Å². The second kappa shape index (κ2) is 6.29. The van der Waals surface area contributed by atoms with Crippen LogP contribution < -0.4 is 4.74 Å². The molecule has 124 valence electrons. The number of ether oxygens (including phenoxy) is 1. The fourth-order valence-electron chi connectivity index (χ4n) is 3.73. The number of hydrogen-bond acceptors (Lipinski definition) is 3. The lowest BCUT2D eigenvalue weighted by Crippen LogP contribution is -2.27. The van der Waals surface area contributed by atoms with E-state index in [0.717, 1.165) is 38.2 Å². The van der Waals surface area contributed by atoms with E-state index in [-0.39, 0.29) is 0 Å². The monoisotopic (exact) mass is 321 g/mol. The molecule has 4 nitrogen and oxygen atoms in total. The molecule has 0 radical (unpaired) electrons. The van der Waals surface area contributed by atoms with E-state index in [1.165, 1.54) is 27.7 Å². The van der Waals surface area contributed by atoms with Gasteiger partial charge in [-0.05, 0) is 48.9 Å². The van der Waals surface area contributed by atoms with Gasteiger partial charge in [0.1, 0.15) is 5.75 Å². The molecule has 1 aromatic carbocycles. The van der Waals surface area contributed by atoms with Crippen molar-refractivity contribution in [1.29, 1.82) is 0 Å². The maximum absolute atomic E-state index is 5.45. The van der Waals surface area contributed by atoms with Gasteiger partial charge in [-0.25, -0.2) is 0 Å². The number of fused-ring (bicyclic) bond motifs is 3. The largest absolute Gasteiger partial charge is 0.497 e. The van der Waals surface area contributed by atoms with Crippen molar-refractivity contribution in [3.63, 3.8) is 0 Å². The summed E-state index contributed by atoms with van der Waals surface area (Å²) in [6.45, 7) is 3.12. The Hall–Kier alpha value is -2.33. The van der Waals surface area contributed by atoms with Gasteiger partial charge >= 0.3 is 0 Å².